The molecule has 0 aliphatic rings. The minimum absolute atomic E-state index is 0.0407. The molecular formula is C6H6N3O2. The van der Waals surface area contributed by atoms with E-state index >= 15 is 0 Å². The summed E-state index contributed by atoms with van der Waals surface area (Å²) in [5.41, 5.74) is 7.47. The maximum absolute atomic E-state index is 10.2. The number of hydrogen-bond acceptors (Lipinski definition) is 3. The van der Waals surface area contributed by atoms with Gasteiger partial charge in [0, 0.05) is 5.56 Å². The molecule has 0 aliphatic carbocycles. The lowest BCUT2D eigenvalue weighted by Crippen LogP contribution is -1.92. The smallest absolute Gasteiger partial charge is 0.283 e. The van der Waals surface area contributed by atoms with Crippen LogP contribution in [0.3, 0.4) is 0 Å². The first kappa shape index (κ1) is 7.46. The first-order valence-electron chi connectivity index (χ1n) is 2.94. The summed E-state index contributed by atoms with van der Waals surface area (Å²) in [6, 6.07) is 1.36. The summed E-state index contributed by atoms with van der Waals surface area (Å²) < 4.78 is 0. The lowest BCUT2D eigenvalue weighted by Gasteiger charge is -1.95. The predicted octanol–water partition coefficient (Wildman–Crippen LogP) is 1.21. The molecule has 0 unspecified atom stereocenters. The van der Waals surface area contributed by atoms with E-state index in [0.29, 0.717) is 5.56 Å². The van der Waals surface area contributed by atoms with Crippen LogP contribution >= 0.6 is 0 Å². The summed E-state index contributed by atoms with van der Waals surface area (Å²) >= 11 is 0. The number of nitro groups is 1. The summed E-state index contributed by atoms with van der Waals surface area (Å²) in [6.07, 6.45) is 1.09. The molecule has 1 N–H and O–H groups in total. The van der Waals surface area contributed by atoms with Crippen molar-refractivity contribution in [3.05, 3.63) is 27.9 Å². The third-order valence-corrected chi connectivity index (χ3v) is 1.28. The van der Waals surface area contributed by atoms with Gasteiger partial charge in [-0.05, 0) is 13.0 Å². The Kier molecular flexibility index (Phi) is 1.72. The van der Waals surface area contributed by atoms with E-state index in [2.05, 4.69) is 4.98 Å². The lowest BCUT2D eigenvalue weighted by molar-refractivity contribution is -0.385. The first-order chi connectivity index (χ1) is 5.11. The fourth-order valence-electron chi connectivity index (χ4n) is 0.740. The molecule has 1 rings (SSSR count). The highest BCUT2D eigenvalue weighted by Gasteiger charge is 2.09. The minimum atomic E-state index is -0.512. The fourth-order valence-corrected chi connectivity index (χ4v) is 0.740. The molecule has 0 saturated heterocycles. The van der Waals surface area contributed by atoms with Crippen LogP contribution in [-0.4, -0.2) is 9.91 Å². The van der Waals surface area contributed by atoms with Crippen LogP contribution in [-0.2, 0) is 0 Å². The summed E-state index contributed by atoms with van der Waals surface area (Å²) in [4.78, 5) is 13.2. The number of nitrogens with zero attached hydrogens (tertiary/aromatic N) is 2. The zero-order chi connectivity index (χ0) is 8.43. The summed E-state index contributed by atoms with van der Waals surface area (Å²) in [5, 5.41) is 10.2. The number of aryl methyl sites for hydroxylation is 1. The fraction of sp³-hybridized carbons (Fsp3) is 0.167. The standard InChI is InChI=1S/C6H6N3O2/c1-4-2-6(7)8-3-5(4)9(10)11/h2-3,7H,1H3. The summed E-state index contributed by atoms with van der Waals surface area (Å²) in [5.74, 6) is 0.0492. The van der Waals surface area contributed by atoms with Crippen molar-refractivity contribution in [3.63, 3.8) is 0 Å². The third-order valence-electron chi connectivity index (χ3n) is 1.28. The maximum atomic E-state index is 10.2. The third kappa shape index (κ3) is 1.43. The van der Waals surface area contributed by atoms with Gasteiger partial charge in [0.15, 0.2) is 0 Å². The van der Waals surface area contributed by atoms with Crippen LogP contribution in [0, 0.1) is 17.0 Å². The van der Waals surface area contributed by atoms with Gasteiger partial charge in [0.05, 0.1) is 4.92 Å². The molecule has 57 valence electrons. The van der Waals surface area contributed by atoms with Gasteiger partial charge in [-0.25, -0.2) is 4.98 Å². The lowest BCUT2D eigenvalue weighted by atomic mass is 10.2. The first-order valence-corrected chi connectivity index (χ1v) is 2.94. The number of rotatable bonds is 1. The van der Waals surface area contributed by atoms with Gasteiger partial charge in [0.25, 0.3) is 5.69 Å². The van der Waals surface area contributed by atoms with Crippen LogP contribution in [0.1, 0.15) is 5.56 Å². The van der Waals surface area contributed by atoms with Gasteiger partial charge in [-0.3, -0.25) is 15.8 Å². The van der Waals surface area contributed by atoms with E-state index in [0.717, 1.165) is 6.20 Å². The average molecular weight is 152 g/mol. The maximum Gasteiger partial charge on any atom is 0.290 e. The van der Waals surface area contributed by atoms with Gasteiger partial charge in [0.2, 0.25) is 0 Å². The van der Waals surface area contributed by atoms with E-state index in [1.807, 2.05) is 0 Å². The van der Waals surface area contributed by atoms with Crippen LogP contribution < -0.4 is 5.73 Å². The average Bonchev–Trinajstić information content (AvgIpc) is 1.85. The zero-order valence-electron chi connectivity index (χ0n) is 5.87. The quantitative estimate of drug-likeness (QED) is 0.448. The number of pyridine rings is 1. The molecule has 0 aliphatic heterocycles. The van der Waals surface area contributed by atoms with Gasteiger partial charge in [-0.15, -0.1) is 0 Å². The predicted molar refractivity (Wildman–Crippen MR) is 38.4 cm³/mol. The number of aromatic nitrogens is 1. The number of hydrogen-bond donors (Lipinski definition) is 0. The molecule has 5 nitrogen and oxygen atoms in total. The van der Waals surface area contributed by atoms with E-state index in [4.69, 9.17) is 5.73 Å². The van der Waals surface area contributed by atoms with Crippen molar-refractivity contribution in [2.75, 3.05) is 0 Å². The summed E-state index contributed by atoms with van der Waals surface area (Å²) in [7, 11) is 0. The molecule has 5 heteroatoms. The van der Waals surface area contributed by atoms with E-state index in [1.54, 1.807) is 6.92 Å². The van der Waals surface area contributed by atoms with Crippen molar-refractivity contribution in [1.29, 1.82) is 0 Å². The minimum Gasteiger partial charge on any atom is -0.283 e. The largest absolute Gasteiger partial charge is 0.290 e. The van der Waals surface area contributed by atoms with Gasteiger partial charge < -0.3 is 0 Å². The van der Waals surface area contributed by atoms with Crippen molar-refractivity contribution in [1.82, 2.24) is 10.7 Å². The summed E-state index contributed by atoms with van der Waals surface area (Å²) in [6.45, 7) is 1.58. The molecule has 0 fully saturated rings. The van der Waals surface area contributed by atoms with Crippen molar-refractivity contribution in [2.24, 2.45) is 0 Å². The molecule has 0 amide bonds. The molecule has 0 saturated carbocycles. The normalized spacial score (nSPS) is 9.55. The van der Waals surface area contributed by atoms with Crippen molar-refractivity contribution >= 4 is 11.5 Å². The molecule has 1 heterocycles. The van der Waals surface area contributed by atoms with Crippen LogP contribution in [0.5, 0.6) is 0 Å². The molecular weight excluding hydrogens is 146 g/mol. The molecule has 11 heavy (non-hydrogen) atoms. The zero-order valence-corrected chi connectivity index (χ0v) is 5.87. The molecule has 1 radical (unpaired) electrons. The number of nitrogens with one attached hydrogen (secondary N) is 1. The molecule has 1 aromatic rings. The Morgan fingerprint density at radius 1 is 1.73 bits per heavy atom. The SMILES string of the molecule is Cc1cc([NH])ncc1[N+](=O)[O-]. The van der Waals surface area contributed by atoms with Crippen LogP contribution in [0.25, 0.3) is 0 Å². The second kappa shape index (κ2) is 2.53. The Labute approximate surface area is 63.0 Å². The van der Waals surface area contributed by atoms with Gasteiger partial charge in [-0.2, -0.15) is 0 Å². The van der Waals surface area contributed by atoms with Crippen molar-refractivity contribution < 1.29 is 4.92 Å². The molecule has 0 aromatic carbocycles. The van der Waals surface area contributed by atoms with Crippen LogP contribution in [0.15, 0.2) is 12.3 Å². The van der Waals surface area contributed by atoms with Gasteiger partial charge in [-0.1, -0.05) is 0 Å². The Morgan fingerprint density at radius 2 is 2.36 bits per heavy atom. The highest BCUT2D eigenvalue weighted by Crippen LogP contribution is 2.17. The Morgan fingerprint density at radius 3 is 2.82 bits per heavy atom. The van der Waals surface area contributed by atoms with Crippen LogP contribution in [0.4, 0.5) is 11.5 Å². The van der Waals surface area contributed by atoms with Crippen LogP contribution in [0.2, 0.25) is 0 Å². The monoisotopic (exact) mass is 152 g/mol. The highest BCUT2D eigenvalue weighted by molar-refractivity contribution is 5.42. The second-order valence-corrected chi connectivity index (χ2v) is 2.11. The molecule has 0 bridgehead atoms. The van der Waals surface area contributed by atoms with E-state index < -0.39 is 4.92 Å². The molecule has 1 aromatic heterocycles. The van der Waals surface area contributed by atoms with E-state index in [-0.39, 0.29) is 11.5 Å². The van der Waals surface area contributed by atoms with E-state index in [9.17, 15) is 10.1 Å². The highest BCUT2D eigenvalue weighted by atomic mass is 16.6. The Bertz CT molecular complexity index is 298. The Balaban J connectivity index is 3.20. The second-order valence-electron chi connectivity index (χ2n) is 2.11. The van der Waals surface area contributed by atoms with Gasteiger partial charge in [0.1, 0.15) is 12.0 Å². The Hall–Kier alpha value is -1.65. The molecule has 0 spiro atoms. The topological polar surface area (TPSA) is 79.8 Å². The van der Waals surface area contributed by atoms with Crippen molar-refractivity contribution in [3.8, 4) is 0 Å². The molecule has 0 atom stereocenters. The van der Waals surface area contributed by atoms with E-state index in [1.165, 1.54) is 6.07 Å². The van der Waals surface area contributed by atoms with Crippen molar-refractivity contribution in [2.45, 2.75) is 6.92 Å². The van der Waals surface area contributed by atoms with Gasteiger partial charge >= 0.3 is 0 Å².